The minimum atomic E-state index is -0.957. The van der Waals surface area contributed by atoms with Crippen LogP contribution in [-0.2, 0) is 11.8 Å². The monoisotopic (exact) mass is 225 g/mol. The molecule has 1 aromatic heterocycles. The first-order chi connectivity index (χ1) is 7.56. The molecule has 5 heteroatoms. The van der Waals surface area contributed by atoms with E-state index in [4.69, 9.17) is 0 Å². The molecule has 0 radical (unpaired) electrons. The van der Waals surface area contributed by atoms with Gasteiger partial charge in [0.05, 0.1) is 0 Å². The van der Waals surface area contributed by atoms with Gasteiger partial charge in [0, 0.05) is 25.9 Å². The lowest BCUT2D eigenvalue weighted by molar-refractivity contribution is -0.116. The van der Waals surface area contributed by atoms with Crippen molar-refractivity contribution in [2.24, 2.45) is 7.05 Å². The Hall–Kier alpha value is -1.65. The Morgan fingerprint density at radius 3 is 2.81 bits per heavy atom. The molecule has 4 nitrogen and oxygen atoms in total. The van der Waals surface area contributed by atoms with Gasteiger partial charge >= 0.3 is 0 Å². The van der Waals surface area contributed by atoms with Crippen LogP contribution in [0.1, 0.15) is 19.8 Å². The van der Waals surface area contributed by atoms with Gasteiger partial charge < -0.3 is 0 Å². The zero-order chi connectivity index (χ0) is 12.1. The largest absolute Gasteiger partial charge is 0.289 e. The molecule has 0 saturated heterocycles. The van der Waals surface area contributed by atoms with Gasteiger partial charge in [-0.3, -0.25) is 14.4 Å². The van der Waals surface area contributed by atoms with Crippen molar-refractivity contribution < 1.29 is 9.18 Å². The number of carbonyl (C=O) groups is 1. The number of unbranched alkanes of at least 4 members (excludes halogenated alkanes) is 1. The minimum Gasteiger partial charge on any atom is -0.289 e. The lowest BCUT2D eigenvalue weighted by Gasteiger charge is -2.18. The summed E-state index contributed by atoms with van der Waals surface area (Å²) in [5, 5.41) is 4.08. The Morgan fingerprint density at radius 2 is 2.38 bits per heavy atom. The molecule has 1 heterocycles. The first-order valence-corrected chi connectivity index (χ1v) is 5.22. The molecule has 0 aromatic carbocycles. The van der Waals surface area contributed by atoms with Crippen LogP contribution in [0.5, 0.6) is 0 Å². The number of rotatable bonds is 5. The fourth-order valence-corrected chi connectivity index (χ4v) is 1.33. The van der Waals surface area contributed by atoms with Gasteiger partial charge in [-0.15, -0.1) is 0 Å². The molecule has 0 aliphatic rings. The standard InChI is InChI=1S/C11H16FN3O/c1-4-5-7-15(11(16)9(2)12)10-6-8-14(3)13-10/h6,8H,2,4-5,7H2,1,3H3. The van der Waals surface area contributed by atoms with E-state index in [9.17, 15) is 9.18 Å². The van der Waals surface area contributed by atoms with Crippen LogP contribution in [0, 0.1) is 0 Å². The van der Waals surface area contributed by atoms with Crippen molar-refractivity contribution in [2.45, 2.75) is 19.8 Å². The Labute approximate surface area is 94.4 Å². The number of aromatic nitrogens is 2. The van der Waals surface area contributed by atoms with Crippen molar-refractivity contribution in [1.29, 1.82) is 0 Å². The van der Waals surface area contributed by atoms with E-state index >= 15 is 0 Å². The van der Waals surface area contributed by atoms with E-state index in [0.717, 1.165) is 12.8 Å². The molecule has 0 N–H and O–H groups in total. The zero-order valence-corrected chi connectivity index (χ0v) is 9.61. The molecule has 1 aromatic rings. The normalized spacial score (nSPS) is 10.2. The molecule has 0 aliphatic carbocycles. The van der Waals surface area contributed by atoms with E-state index in [0.29, 0.717) is 12.4 Å². The van der Waals surface area contributed by atoms with Crippen LogP contribution in [0.2, 0.25) is 0 Å². The zero-order valence-electron chi connectivity index (χ0n) is 9.61. The summed E-state index contributed by atoms with van der Waals surface area (Å²) < 4.78 is 14.4. The number of aryl methyl sites for hydroxylation is 1. The van der Waals surface area contributed by atoms with Crippen LogP contribution < -0.4 is 4.90 Å². The van der Waals surface area contributed by atoms with Gasteiger partial charge in [0.25, 0.3) is 5.91 Å². The molecule has 0 unspecified atom stereocenters. The summed E-state index contributed by atoms with van der Waals surface area (Å²) in [6.07, 6.45) is 3.44. The maximum absolute atomic E-state index is 12.8. The van der Waals surface area contributed by atoms with E-state index in [2.05, 4.69) is 11.7 Å². The van der Waals surface area contributed by atoms with Gasteiger partial charge in [-0.05, 0) is 6.42 Å². The van der Waals surface area contributed by atoms with Crippen LogP contribution in [0.3, 0.4) is 0 Å². The molecule has 0 atom stereocenters. The average molecular weight is 225 g/mol. The van der Waals surface area contributed by atoms with Crippen LogP contribution in [0.4, 0.5) is 10.2 Å². The van der Waals surface area contributed by atoms with Gasteiger partial charge in [-0.25, -0.2) is 4.39 Å². The maximum Gasteiger partial charge on any atom is 0.287 e. The molecule has 0 bridgehead atoms. The minimum absolute atomic E-state index is 0.454. The molecular weight excluding hydrogens is 209 g/mol. The first-order valence-electron chi connectivity index (χ1n) is 5.22. The molecule has 0 aliphatic heterocycles. The molecule has 1 rings (SSSR count). The highest BCUT2D eigenvalue weighted by molar-refractivity contribution is 6.02. The van der Waals surface area contributed by atoms with Crippen LogP contribution >= 0.6 is 0 Å². The van der Waals surface area contributed by atoms with Crippen molar-refractivity contribution in [3.8, 4) is 0 Å². The highest BCUT2D eigenvalue weighted by Crippen LogP contribution is 2.14. The van der Waals surface area contributed by atoms with Crippen LogP contribution in [-0.4, -0.2) is 22.2 Å². The number of halogens is 1. The molecule has 0 saturated carbocycles. The number of hydrogen-bond donors (Lipinski definition) is 0. The van der Waals surface area contributed by atoms with Gasteiger partial charge in [0.2, 0.25) is 0 Å². The highest BCUT2D eigenvalue weighted by Gasteiger charge is 2.19. The molecule has 1 amide bonds. The SMILES string of the molecule is C=C(F)C(=O)N(CCCC)c1ccn(C)n1. The molecule has 0 spiro atoms. The summed E-state index contributed by atoms with van der Waals surface area (Å²) in [5.41, 5.74) is 0. The summed E-state index contributed by atoms with van der Waals surface area (Å²) in [4.78, 5) is 12.9. The third-order valence-electron chi connectivity index (χ3n) is 2.19. The Balaban J connectivity index is 2.86. The van der Waals surface area contributed by atoms with E-state index in [-0.39, 0.29) is 0 Å². The fourth-order valence-electron chi connectivity index (χ4n) is 1.33. The highest BCUT2D eigenvalue weighted by atomic mass is 19.1. The predicted molar refractivity (Wildman–Crippen MR) is 60.7 cm³/mol. The van der Waals surface area contributed by atoms with E-state index in [1.807, 2.05) is 6.92 Å². The number of anilines is 1. The van der Waals surface area contributed by atoms with Crippen molar-refractivity contribution >= 4 is 11.7 Å². The summed E-state index contributed by atoms with van der Waals surface area (Å²) in [7, 11) is 1.75. The first kappa shape index (κ1) is 12.4. The van der Waals surface area contributed by atoms with Gasteiger partial charge in [0.1, 0.15) is 0 Å². The van der Waals surface area contributed by atoms with Crippen molar-refractivity contribution in [3.63, 3.8) is 0 Å². The van der Waals surface area contributed by atoms with Crippen LogP contribution in [0.15, 0.2) is 24.7 Å². The summed E-state index contributed by atoms with van der Waals surface area (Å²) >= 11 is 0. The van der Waals surface area contributed by atoms with Crippen LogP contribution in [0.25, 0.3) is 0 Å². The lowest BCUT2D eigenvalue weighted by Crippen LogP contribution is -2.32. The third-order valence-corrected chi connectivity index (χ3v) is 2.19. The van der Waals surface area contributed by atoms with E-state index in [1.54, 1.807) is 24.0 Å². The Bertz CT molecular complexity index is 386. The Morgan fingerprint density at radius 1 is 1.69 bits per heavy atom. The molecular formula is C11H16FN3O. The maximum atomic E-state index is 12.8. The van der Waals surface area contributed by atoms with Gasteiger partial charge in [-0.1, -0.05) is 19.9 Å². The number of hydrogen-bond acceptors (Lipinski definition) is 2. The Kier molecular flexibility index (Phi) is 4.22. The van der Waals surface area contributed by atoms with E-state index < -0.39 is 11.7 Å². The second kappa shape index (κ2) is 5.44. The molecule has 0 fully saturated rings. The summed E-state index contributed by atoms with van der Waals surface area (Å²) in [6.45, 7) is 5.48. The third kappa shape index (κ3) is 2.92. The quantitative estimate of drug-likeness (QED) is 0.719. The number of amides is 1. The van der Waals surface area contributed by atoms with Gasteiger partial charge in [0.15, 0.2) is 11.6 Å². The fraction of sp³-hybridized carbons (Fsp3) is 0.455. The second-order valence-corrected chi connectivity index (χ2v) is 3.56. The number of nitrogens with zero attached hydrogens (tertiary/aromatic N) is 3. The lowest BCUT2D eigenvalue weighted by atomic mass is 10.3. The predicted octanol–water partition coefficient (Wildman–Crippen LogP) is 2.04. The topological polar surface area (TPSA) is 38.1 Å². The van der Waals surface area contributed by atoms with Crippen molar-refractivity contribution in [1.82, 2.24) is 9.78 Å². The van der Waals surface area contributed by atoms with Crippen molar-refractivity contribution in [2.75, 3.05) is 11.4 Å². The molecule has 16 heavy (non-hydrogen) atoms. The molecule has 88 valence electrons. The smallest absolute Gasteiger partial charge is 0.287 e. The number of carbonyl (C=O) groups excluding carboxylic acids is 1. The van der Waals surface area contributed by atoms with Crippen molar-refractivity contribution in [3.05, 3.63) is 24.7 Å². The summed E-state index contributed by atoms with van der Waals surface area (Å²) in [6, 6.07) is 1.68. The van der Waals surface area contributed by atoms with Gasteiger partial charge in [-0.2, -0.15) is 5.10 Å². The second-order valence-electron chi connectivity index (χ2n) is 3.56. The summed E-state index contributed by atoms with van der Waals surface area (Å²) in [5.74, 6) is -1.21. The van der Waals surface area contributed by atoms with E-state index in [1.165, 1.54) is 4.90 Å². The average Bonchev–Trinajstić information content (AvgIpc) is 2.65.